The lowest BCUT2D eigenvalue weighted by molar-refractivity contribution is 0.0825. The highest BCUT2D eigenvalue weighted by Gasteiger charge is 2.32. The molecule has 1 aliphatic carbocycles. The van der Waals surface area contributed by atoms with Gasteiger partial charge in [0.15, 0.2) is 0 Å². The van der Waals surface area contributed by atoms with Crippen molar-refractivity contribution in [3.05, 3.63) is 0 Å². The molecule has 0 spiro atoms. The summed E-state index contributed by atoms with van der Waals surface area (Å²) < 4.78 is 5.64. The standard InChI is InChI=1S/C14H27NO2/c1-12-4-2-7-14(11-16,8-6-12)15-10-13-5-3-9-17-13/h12-13,15-16H,2-11H2,1H3. The van der Waals surface area contributed by atoms with E-state index in [0.717, 1.165) is 31.9 Å². The van der Waals surface area contributed by atoms with Crippen molar-refractivity contribution < 1.29 is 9.84 Å². The average Bonchev–Trinajstić information content (AvgIpc) is 2.79. The first-order chi connectivity index (χ1) is 8.24. The zero-order chi connectivity index (χ0) is 12.1. The van der Waals surface area contributed by atoms with E-state index in [4.69, 9.17) is 4.74 Å². The summed E-state index contributed by atoms with van der Waals surface area (Å²) in [7, 11) is 0. The molecule has 0 aromatic rings. The van der Waals surface area contributed by atoms with Gasteiger partial charge in [0.05, 0.1) is 12.7 Å². The van der Waals surface area contributed by atoms with Crippen LogP contribution in [0.3, 0.4) is 0 Å². The predicted octanol–water partition coefficient (Wildman–Crippen LogP) is 2.09. The smallest absolute Gasteiger partial charge is 0.0700 e. The van der Waals surface area contributed by atoms with E-state index >= 15 is 0 Å². The number of aliphatic hydroxyl groups is 1. The molecule has 1 heterocycles. The summed E-state index contributed by atoms with van der Waals surface area (Å²) >= 11 is 0. The second-order valence-corrected chi connectivity index (χ2v) is 5.99. The fourth-order valence-corrected chi connectivity index (χ4v) is 3.11. The molecule has 1 saturated heterocycles. The summed E-state index contributed by atoms with van der Waals surface area (Å²) in [5.41, 5.74) is -0.0310. The Morgan fingerprint density at radius 1 is 1.24 bits per heavy atom. The highest BCUT2D eigenvalue weighted by atomic mass is 16.5. The molecule has 3 heteroatoms. The minimum atomic E-state index is -0.0310. The van der Waals surface area contributed by atoms with E-state index < -0.39 is 0 Å². The third-order valence-electron chi connectivity index (χ3n) is 4.50. The molecule has 3 nitrogen and oxygen atoms in total. The Hall–Kier alpha value is -0.120. The predicted molar refractivity (Wildman–Crippen MR) is 69.0 cm³/mol. The molecule has 0 bridgehead atoms. The third-order valence-corrected chi connectivity index (χ3v) is 4.50. The van der Waals surface area contributed by atoms with Crippen molar-refractivity contribution in [3.63, 3.8) is 0 Å². The number of ether oxygens (including phenoxy) is 1. The minimum absolute atomic E-state index is 0.0310. The van der Waals surface area contributed by atoms with Crippen LogP contribution in [0.15, 0.2) is 0 Å². The second-order valence-electron chi connectivity index (χ2n) is 5.99. The normalized spacial score (nSPS) is 39.2. The van der Waals surface area contributed by atoms with Gasteiger partial charge in [-0.25, -0.2) is 0 Å². The third kappa shape index (κ3) is 3.67. The van der Waals surface area contributed by atoms with Crippen LogP contribution < -0.4 is 5.32 Å². The van der Waals surface area contributed by atoms with Crippen molar-refractivity contribution in [1.82, 2.24) is 5.32 Å². The van der Waals surface area contributed by atoms with Crippen molar-refractivity contribution in [2.75, 3.05) is 19.8 Å². The van der Waals surface area contributed by atoms with Crippen molar-refractivity contribution in [1.29, 1.82) is 0 Å². The van der Waals surface area contributed by atoms with Crippen molar-refractivity contribution in [3.8, 4) is 0 Å². The number of hydrogen-bond acceptors (Lipinski definition) is 3. The summed E-state index contributed by atoms with van der Waals surface area (Å²) in [6.45, 7) is 4.42. The molecule has 0 radical (unpaired) electrons. The molecule has 0 aromatic carbocycles. The van der Waals surface area contributed by atoms with E-state index in [1.807, 2.05) is 0 Å². The maximum Gasteiger partial charge on any atom is 0.0700 e. The van der Waals surface area contributed by atoms with Gasteiger partial charge in [0.2, 0.25) is 0 Å². The Bertz CT molecular complexity index is 228. The zero-order valence-electron chi connectivity index (χ0n) is 11.1. The topological polar surface area (TPSA) is 41.5 Å². The Kier molecular flexibility index (Phi) is 4.83. The molecule has 2 rings (SSSR count). The number of nitrogens with one attached hydrogen (secondary N) is 1. The molecule has 100 valence electrons. The molecule has 17 heavy (non-hydrogen) atoms. The van der Waals surface area contributed by atoms with Crippen molar-refractivity contribution in [2.45, 2.75) is 63.5 Å². The van der Waals surface area contributed by atoms with Gasteiger partial charge < -0.3 is 15.2 Å². The lowest BCUT2D eigenvalue weighted by Crippen LogP contribution is -2.50. The van der Waals surface area contributed by atoms with Crippen LogP contribution in [0.4, 0.5) is 0 Å². The second kappa shape index (κ2) is 6.17. The van der Waals surface area contributed by atoms with Gasteiger partial charge in [0, 0.05) is 18.7 Å². The summed E-state index contributed by atoms with van der Waals surface area (Å²) in [5, 5.41) is 13.3. The highest BCUT2D eigenvalue weighted by molar-refractivity contribution is 4.91. The van der Waals surface area contributed by atoms with Gasteiger partial charge in [-0.2, -0.15) is 0 Å². The van der Waals surface area contributed by atoms with Gasteiger partial charge in [0.1, 0.15) is 0 Å². The van der Waals surface area contributed by atoms with Gasteiger partial charge in [-0.15, -0.1) is 0 Å². The van der Waals surface area contributed by atoms with Crippen LogP contribution in [-0.2, 0) is 4.74 Å². The van der Waals surface area contributed by atoms with E-state index in [-0.39, 0.29) is 12.1 Å². The van der Waals surface area contributed by atoms with Crippen LogP contribution in [0.2, 0.25) is 0 Å². The molecule has 2 N–H and O–H groups in total. The number of rotatable bonds is 4. The molecule has 1 aliphatic heterocycles. The van der Waals surface area contributed by atoms with Gasteiger partial charge in [-0.05, 0) is 38.0 Å². The van der Waals surface area contributed by atoms with Crippen molar-refractivity contribution >= 4 is 0 Å². The molecule has 2 aliphatic rings. The Morgan fingerprint density at radius 2 is 2.12 bits per heavy atom. The van der Waals surface area contributed by atoms with E-state index in [2.05, 4.69) is 12.2 Å². The summed E-state index contributed by atoms with van der Waals surface area (Å²) in [5.74, 6) is 0.813. The largest absolute Gasteiger partial charge is 0.394 e. The molecule has 0 amide bonds. The SMILES string of the molecule is CC1CCCC(CO)(NCC2CCCO2)CC1. The maximum absolute atomic E-state index is 9.72. The fourth-order valence-electron chi connectivity index (χ4n) is 3.11. The summed E-state index contributed by atoms with van der Waals surface area (Å²) in [6, 6.07) is 0. The molecule has 1 saturated carbocycles. The van der Waals surface area contributed by atoms with Gasteiger partial charge in [0.25, 0.3) is 0 Å². The molecular formula is C14H27NO2. The van der Waals surface area contributed by atoms with Crippen molar-refractivity contribution in [2.24, 2.45) is 5.92 Å². The molecular weight excluding hydrogens is 214 g/mol. The first-order valence-corrected chi connectivity index (χ1v) is 7.22. The van der Waals surface area contributed by atoms with E-state index in [1.54, 1.807) is 0 Å². The van der Waals surface area contributed by atoms with Crippen LogP contribution in [-0.4, -0.2) is 36.5 Å². The average molecular weight is 241 g/mol. The number of hydrogen-bond donors (Lipinski definition) is 2. The zero-order valence-corrected chi connectivity index (χ0v) is 11.1. The monoisotopic (exact) mass is 241 g/mol. The van der Waals surface area contributed by atoms with E-state index in [1.165, 1.54) is 32.1 Å². The summed E-state index contributed by atoms with van der Waals surface area (Å²) in [6.07, 6.45) is 8.74. The Morgan fingerprint density at radius 3 is 2.82 bits per heavy atom. The van der Waals surface area contributed by atoms with Crippen LogP contribution in [0, 0.1) is 5.92 Å². The van der Waals surface area contributed by atoms with Crippen LogP contribution in [0.5, 0.6) is 0 Å². The quantitative estimate of drug-likeness (QED) is 0.741. The first kappa shape index (κ1) is 13.3. The van der Waals surface area contributed by atoms with Crippen LogP contribution in [0.1, 0.15) is 51.9 Å². The first-order valence-electron chi connectivity index (χ1n) is 7.22. The fraction of sp³-hybridized carbons (Fsp3) is 1.00. The molecule has 3 atom stereocenters. The minimum Gasteiger partial charge on any atom is -0.394 e. The summed E-state index contributed by atoms with van der Waals surface area (Å²) in [4.78, 5) is 0. The molecule has 2 fully saturated rings. The van der Waals surface area contributed by atoms with Gasteiger partial charge in [-0.1, -0.05) is 19.8 Å². The van der Waals surface area contributed by atoms with Crippen LogP contribution >= 0.6 is 0 Å². The maximum atomic E-state index is 9.72. The van der Waals surface area contributed by atoms with Crippen LogP contribution in [0.25, 0.3) is 0 Å². The number of aliphatic hydroxyl groups excluding tert-OH is 1. The van der Waals surface area contributed by atoms with E-state index in [9.17, 15) is 5.11 Å². The van der Waals surface area contributed by atoms with Gasteiger partial charge >= 0.3 is 0 Å². The van der Waals surface area contributed by atoms with E-state index in [0.29, 0.717) is 6.10 Å². The molecule has 3 unspecified atom stereocenters. The van der Waals surface area contributed by atoms with Gasteiger partial charge in [-0.3, -0.25) is 0 Å². The Labute approximate surface area is 105 Å². The molecule has 0 aromatic heterocycles. The lowest BCUT2D eigenvalue weighted by atomic mass is 9.90. The Balaban J connectivity index is 1.84. The highest BCUT2D eigenvalue weighted by Crippen LogP contribution is 2.30. The lowest BCUT2D eigenvalue weighted by Gasteiger charge is -2.33.